The molecule has 0 amide bonds. The Morgan fingerprint density at radius 3 is 2.82 bits per heavy atom. The number of hydrogen-bond donors (Lipinski definition) is 1. The summed E-state index contributed by atoms with van der Waals surface area (Å²) in [4.78, 5) is 3.99. The van der Waals surface area contributed by atoms with Crippen LogP contribution in [-0.2, 0) is 15.8 Å². The topological polar surface area (TPSA) is 59.1 Å². The Balaban J connectivity index is 2.10. The maximum atomic E-state index is 10.8. The lowest BCUT2D eigenvalue weighted by molar-refractivity contribution is 0.587. The van der Waals surface area contributed by atoms with Crippen molar-refractivity contribution in [2.24, 2.45) is 0 Å². The first-order chi connectivity index (χ1) is 7.97. The molecule has 0 saturated carbocycles. The van der Waals surface area contributed by atoms with Crippen LogP contribution < -0.4 is 4.72 Å². The molecule has 1 N–H and O–H groups in total. The van der Waals surface area contributed by atoms with Gasteiger partial charge in [0.2, 0.25) is 10.0 Å². The molecule has 0 spiro atoms. The van der Waals surface area contributed by atoms with Gasteiger partial charge in [0.05, 0.1) is 6.26 Å². The predicted octanol–water partition coefficient (Wildman–Crippen LogP) is 1.91. The molecule has 1 aromatic rings. The number of sulfonamides is 1. The van der Waals surface area contributed by atoms with E-state index in [0.717, 1.165) is 23.5 Å². The van der Waals surface area contributed by atoms with Gasteiger partial charge in [-0.15, -0.1) is 0 Å². The van der Waals surface area contributed by atoms with E-state index in [0.29, 0.717) is 11.7 Å². The van der Waals surface area contributed by atoms with Gasteiger partial charge in [-0.2, -0.15) is 11.8 Å². The van der Waals surface area contributed by atoms with Crippen molar-refractivity contribution in [2.75, 3.05) is 18.6 Å². The van der Waals surface area contributed by atoms with E-state index in [9.17, 15) is 8.42 Å². The van der Waals surface area contributed by atoms with Crippen LogP contribution >= 0.6 is 23.4 Å². The molecule has 1 heterocycles. The molecule has 0 fully saturated rings. The van der Waals surface area contributed by atoms with Gasteiger partial charge < -0.3 is 0 Å². The Bertz CT molecular complexity index is 434. The summed E-state index contributed by atoms with van der Waals surface area (Å²) in [7, 11) is -3.05. The Kier molecular flexibility index (Phi) is 6.26. The van der Waals surface area contributed by atoms with Crippen LogP contribution in [0, 0.1) is 0 Å². The van der Waals surface area contributed by atoms with Crippen molar-refractivity contribution in [3.8, 4) is 0 Å². The Labute approximate surface area is 111 Å². The number of nitrogens with one attached hydrogen (secondary N) is 1. The van der Waals surface area contributed by atoms with Crippen molar-refractivity contribution in [3.05, 3.63) is 29.0 Å². The zero-order valence-corrected chi connectivity index (χ0v) is 11.9. The molecule has 0 saturated heterocycles. The summed E-state index contributed by atoms with van der Waals surface area (Å²) in [5, 5.41) is 0.496. The highest BCUT2D eigenvalue weighted by Crippen LogP contribution is 2.13. The lowest BCUT2D eigenvalue weighted by Crippen LogP contribution is -2.23. The maximum Gasteiger partial charge on any atom is 0.208 e. The third-order valence-electron chi connectivity index (χ3n) is 1.89. The van der Waals surface area contributed by atoms with Gasteiger partial charge in [0.1, 0.15) is 5.15 Å². The summed E-state index contributed by atoms with van der Waals surface area (Å²) in [5.41, 5.74) is 1.12. The van der Waals surface area contributed by atoms with Crippen LogP contribution in [0.15, 0.2) is 18.3 Å². The van der Waals surface area contributed by atoms with Crippen LogP contribution in [0.1, 0.15) is 12.0 Å². The Morgan fingerprint density at radius 1 is 1.47 bits per heavy atom. The minimum absolute atomic E-state index is 0.491. The molecule has 17 heavy (non-hydrogen) atoms. The molecule has 96 valence electrons. The van der Waals surface area contributed by atoms with Gasteiger partial charge in [0.25, 0.3) is 0 Å². The van der Waals surface area contributed by atoms with E-state index in [1.165, 1.54) is 6.26 Å². The number of hydrogen-bond acceptors (Lipinski definition) is 4. The van der Waals surface area contributed by atoms with Gasteiger partial charge >= 0.3 is 0 Å². The van der Waals surface area contributed by atoms with Gasteiger partial charge in [-0.3, -0.25) is 0 Å². The SMILES string of the molecule is CS(=O)(=O)NCCCSCc1ccc(Cl)nc1. The summed E-state index contributed by atoms with van der Waals surface area (Å²) in [6, 6.07) is 3.71. The van der Waals surface area contributed by atoms with E-state index in [4.69, 9.17) is 11.6 Å². The van der Waals surface area contributed by atoms with Gasteiger partial charge in [0, 0.05) is 18.5 Å². The van der Waals surface area contributed by atoms with Crippen molar-refractivity contribution in [1.29, 1.82) is 0 Å². The molecular formula is C10H15ClN2O2S2. The second kappa shape index (κ2) is 7.20. The molecule has 1 rings (SSSR count). The first kappa shape index (κ1) is 14.8. The highest BCUT2D eigenvalue weighted by Gasteiger charge is 1.99. The van der Waals surface area contributed by atoms with Crippen molar-refractivity contribution < 1.29 is 8.42 Å². The van der Waals surface area contributed by atoms with Crippen molar-refractivity contribution in [1.82, 2.24) is 9.71 Å². The third kappa shape index (κ3) is 7.59. The molecular weight excluding hydrogens is 280 g/mol. The van der Waals surface area contributed by atoms with Crippen LogP contribution in [0.2, 0.25) is 5.15 Å². The van der Waals surface area contributed by atoms with Crippen LogP contribution in [-0.4, -0.2) is 32.0 Å². The van der Waals surface area contributed by atoms with E-state index in [-0.39, 0.29) is 0 Å². The zero-order chi connectivity index (χ0) is 12.7. The van der Waals surface area contributed by atoms with Crippen LogP contribution in [0.25, 0.3) is 0 Å². The number of thioether (sulfide) groups is 1. The molecule has 4 nitrogen and oxygen atoms in total. The van der Waals surface area contributed by atoms with E-state index in [1.54, 1.807) is 24.0 Å². The number of pyridine rings is 1. The van der Waals surface area contributed by atoms with Gasteiger partial charge in [0.15, 0.2) is 0 Å². The third-order valence-corrected chi connectivity index (χ3v) is 3.95. The van der Waals surface area contributed by atoms with Gasteiger partial charge in [-0.25, -0.2) is 18.1 Å². The fraction of sp³-hybridized carbons (Fsp3) is 0.500. The van der Waals surface area contributed by atoms with Crippen LogP contribution in [0.4, 0.5) is 0 Å². The molecule has 1 aromatic heterocycles. The Hall–Kier alpha value is -0.300. The second-order valence-electron chi connectivity index (χ2n) is 3.56. The van der Waals surface area contributed by atoms with Crippen molar-refractivity contribution in [2.45, 2.75) is 12.2 Å². The summed E-state index contributed by atoms with van der Waals surface area (Å²) < 4.78 is 24.0. The fourth-order valence-electron chi connectivity index (χ4n) is 1.11. The van der Waals surface area contributed by atoms with E-state index in [1.807, 2.05) is 6.07 Å². The first-order valence-electron chi connectivity index (χ1n) is 5.10. The average Bonchev–Trinajstić information content (AvgIpc) is 2.24. The second-order valence-corrected chi connectivity index (χ2v) is 6.89. The number of rotatable bonds is 7. The minimum atomic E-state index is -3.05. The fourth-order valence-corrected chi connectivity index (χ4v) is 2.64. The van der Waals surface area contributed by atoms with Gasteiger partial charge in [-0.05, 0) is 23.8 Å². The standard InChI is InChI=1S/C10H15ClN2O2S2/c1-17(14,15)13-5-2-6-16-8-9-3-4-10(11)12-7-9/h3-4,7,13H,2,5-6,8H2,1H3. The molecule has 0 atom stereocenters. The Morgan fingerprint density at radius 2 is 2.24 bits per heavy atom. The van der Waals surface area contributed by atoms with Crippen LogP contribution in [0.3, 0.4) is 0 Å². The molecule has 0 radical (unpaired) electrons. The maximum absolute atomic E-state index is 10.8. The van der Waals surface area contributed by atoms with Gasteiger partial charge in [-0.1, -0.05) is 17.7 Å². The molecule has 0 bridgehead atoms. The van der Waals surface area contributed by atoms with Crippen LogP contribution in [0.5, 0.6) is 0 Å². The van der Waals surface area contributed by atoms with E-state index in [2.05, 4.69) is 9.71 Å². The molecule has 0 unspecified atom stereocenters. The predicted molar refractivity (Wildman–Crippen MR) is 72.9 cm³/mol. The van der Waals surface area contributed by atoms with E-state index < -0.39 is 10.0 Å². The molecule has 0 aliphatic carbocycles. The lowest BCUT2D eigenvalue weighted by atomic mass is 10.3. The summed E-state index contributed by atoms with van der Waals surface area (Å²) >= 11 is 7.42. The minimum Gasteiger partial charge on any atom is -0.244 e. The summed E-state index contributed by atoms with van der Waals surface area (Å²) in [5.74, 6) is 1.77. The monoisotopic (exact) mass is 294 g/mol. The molecule has 7 heteroatoms. The lowest BCUT2D eigenvalue weighted by Gasteiger charge is -2.03. The number of nitrogens with zero attached hydrogens (tertiary/aromatic N) is 1. The molecule has 0 aliphatic rings. The highest BCUT2D eigenvalue weighted by molar-refractivity contribution is 7.98. The quantitative estimate of drug-likeness (QED) is 0.616. The zero-order valence-electron chi connectivity index (χ0n) is 9.52. The smallest absolute Gasteiger partial charge is 0.208 e. The van der Waals surface area contributed by atoms with Crippen molar-refractivity contribution >= 4 is 33.4 Å². The van der Waals surface area contributed by atoms with Crippen molar-refractivity contribution in [3.63, 3.8) is 0 Å². The largest absolute Gasteiger partial charge is 0.244 e. The summed E-state index contributed by atoms with van der Waals surface area (Å²) in [6.07, 6.45) is 3.74. The molecule has 0 aliphatic heterocycles. The average molecular weight is 295 g/mol. The number of halogens is 1. The summed E-state index contributed by atoms with van der Waals surface area (Å²) in [6.45, 7) is 0.491. The first-order valence-corrected chi connectivity index (χ1v) is 8.52. The highest BCUT2D eigenvalue weighted by atomic mass is 35.5. The number of aromatic nitrogens is 1. The normalized spacial score (nSPS) is 11.6. The van der Waals surface area contributed by atoms with E-state index >= 15 is 0 Å². The molecule has 0 aromatic carbocycles.